The van der Waals surface area contributed by atoms with Gasteiger partial charge in [-0.1, -0.05) is 48.5 Å². The number of rotatable bonds is 12. The average molecular weight is 635 g/mol. The van der Waals surface area contributed by atoms with Crippen molar-refractivity contribution in [2.75, 3.05) is 13.6 Å². The first-order valence-corrected chi connectivity index (χ1v) is 13.5. The van der Waals surface area contributed by atoms with E-state index in [1.54, 1.807) is 30.3 Å². The van der Waals surface area contributed by atoms with Gasteiger partial charge in [0.1, 0.15) is 5.82 Å². The lowest BCUT2D eigenvalue weighted by atomic mass is 10.0. The molecule has 1 unspecified atom stereocenters. The fourth-order valence-electron chi connectivity index (χ4n) is 4.92. The van der Waals surface area contributed by atoms with Crippen LogP contribution in [0, 0.1) is 18.6 Å². The molecule has 0 saturated carbocycles. The Morgan fingerprint density at radius 3 is 2.36 bits per heavy atom. The molecule has 238 valence electrons. The van der Waals surface area contributed by atoms with Crippen molar-refractivity contribution in [3.63, 3.8) is 0 Å². The zero-order chi connectivity index (χ0) is 35.6. The maximum atomic E-state index is 15.6. The molecule has 0 bridgehead atoms. The Morgan fingerprint density at radius 2 is 1.71 bits per heavy atom. The number of carboxylic acids is 1. The lowest BCUT2D eigenvalue weighted by Crippen LogP contribution is -2.45. The average Bonchev–Trinajstić information content (AvgIpc) is 3.01. The molecule has 1 aromatic heterocycles. The summed E-state index contributed by atoms with van der Waals surface area (Å²) in [5, 5.41) is 11.9. The number of hydrogen-bond acceptors (Lipinski definition) is 5. The number of aliphatic carboxylic acids is 1. The summed E-state index contributed by atoms with van der Waals surface area (Å²) in [6.45, 7) is -2.02. The maximum Gasteiger partial charge on any atom is 0.416 e. The van der Waals surface area contributed by atoms with Crippen molar-refractivity contribution >= 4 is 5.97 Å². The Morgan fingerprint density at radius 1 is 1.02 bits per heavy atom. The molecule has 0 radical (unpaired) electrons. The Kier molecular flexibility index (Phi) is 8.94. The van der Waals surface area contributed by atoms with Crippen LogP contribution in [0.3, 0.4) is 0 Å². The molecule has 1 heterocycles. The Balaban J connectivity index is 1.97. The normalized spacial score (nSPS) is 14.2. The van der Waals surface area contributed by atoms with Crippen LogP contribution in [0.1, 0.15) is 45.3 Å². The number of aromatic nitrogens is 2. The van der Waals surface area contributed by atoms with E-state index in [9.17, 15) is 37.1 Å². The predicted molar refractivity (Wildman–Crippen MR) is 156 cm³/mol. The van der Waals surface area contributed by atoms with E-state index >= 15 is 4.39 Å². The number of methoxy groups -OCH3 is 1. The zero-order valence-electron chi connectivity index (χ0n) is 27.0. The fraction of sp³-hybridized carbons (Fsp3) is 0.281. The van der Waals surface area contributed by atoms with Crippen LogP contribution in [0.2, 0.25) is 0 Å². The number of carboxylic acid groups (broad SMARTS) is 1. The van der Waals surface area contributed by atoms with Gasteiger partial charge >= 0.3 is 17.8 Å². The second-order valence-electron chi connectivity index (χ2n) is 9.85. The largest absolute Gasteiger partial charge is 0.494 e. The predicted octanol–water partition coefficient (Wildman–Crippen LogP) is 5.54. The number of hydrogen-bond donors (Lipinski definition) is 2. The van der Waals surface area contributed by atoms with Crippen molar-refractivity contribution in [1.29, 1.82) is 0 Å². The van der Waals surface area contributed by atoms with Crippen molar-refractivity contribution in [3.8, 4) is 16.9 Å². The molecule has 13 heteroatoms. The molecule has 0 fully saturated rings. The highest BCUT2D eigenvalue weighted by molar-refractivity contribution is 5.68. The summed E-state index contributed by atoms with van der Waals surface area (Å²) in [6, 6.07) is 12.8. The quantitative estimate of drug-likeness (QED) is 0.199. The fourth-order valence-corrected chi connectivity index (χ4v) is 4.92. The molecule has 45 heavy (non-hydrogen) atoms. The van der Waals surface area contributed by atoms with Gasteiger partial charge in [-0.3, -0.25) is 18.7 Å². The van der Waals surface area contributed by atoms with Gasteiger partial charge in [0.2, 0.25) is 0 Å². The van der Waals surface area contributed by atoms with E-state index in [1.807, 2.05) is 0 Å². The number of ether oxygens (including phenoxy) is 1. The molecule has 0 aliphatic heterocycles. The second-order valence-corrected chi connectivity index (χ2v) is 9.85. The molecule has 0 amide bonds. The third-order valence-electron chi connectivity index (χ3n) is 7.12. The van der Waals surface area contributed by atoms with Gasteiger partial charge in [-0.2, -0.15) is 13.2 Å². The number of nitrogens with zero attached hydrogens (tertiary/aromatic N) is 2. The molecule has 4 rings (SSSR count). The lowest BCUT2D eigenvalue weighted by Gasteiger charge is -2.23. The van der Waals surface area contributed by atoms with E-state index < -0.39 is 90.2 Å². The monoisotopic (exact) mass is 634 g/mol. The van der Waals surface area contributed by atoms with Crippen LogP contribution in [0.4, 0.5) is 22.0 Å². The molecule has 2 N–H and O–H groups in total. The van der Waals surface area contributed by atoms with Gasteiger partial charge in [0, 0.05) is 27.3 Å². The summed E-state index contributed by atoms with van der Waals surface area (Å²) in [6.07, 6.45) is -8.68. The number of carbonyl (C=O) groups is 1. The van der Waals surface area contributed by atoms with Gasteiger partial charge in [0.25, 0.3) is 5.56 Å². The molecule has 0 aliphatic carbocycles. The highest BCUT2D eigenvalue weighted by Gasteiger charge is 2.35. The second kappa shape index (κ2) is 13.9. The van der Waals surface area contributed by atoms with Crippen molar-refractivity contribution in [1.82, 2.24) is 14.5 Å². The molecular weight excluding hydrogens is 601 g/mol. The first-order chi connectivity index (χ1) is 22.5. The molecular formula is C32H30F5N3O5. The molecule has 0 aliphatic rings. The smallest absolute Gasteiger partial charge is 0.416 e. The van der Waals surface area contributed by atoms with Crippen LogP contribution < -0.4 is 21.3 Å². The Bertz CT molecular complexity index is 1930. The van der Waals surface area contributed by atoms with Crippen LogP contribution >= 0.6 is 0 Å². The van der Waals surface area contributed by atoms with Crippen molar-refractivity contribution in [3.05, 3.63) is 122 Å². The Labute approximate surface area is 258 Å². The maximum absolute atomic E-state index is 15.6. The van der Waals surface area contributed by atoms with E-state index in [0.717, 1.165) is 12.1 Å². The molecule has 0 saturated heterocycles. The first-order valence-electron chi connectivity index (χ1n) is 15.0. The van der Waals surface area contributed by atoms with Gasteiger partial charge in [-0.15, -0.1) is 0 Å². The minimum atomic E-state index is -5.02. The van der Waals surface area contributed by atoms with E-state index in [2.05, 4.69) is 5.32 Å². The summed E-state index contributed by atoms with van der Waals surface area (Å²) in [5.41, 5.74) is -5.24. The molecule has 4 aromatic rings. The van der Waals surface area contributed by atoms with Crippen LogP contribution in [-0.4, -0.2) is 33.8 Å². The van der Waals surface area contributed by atoms with E-state index in [0.29, 0.717) is 20.8 Å². The highest BCUT2D eigenvalue weighted by atomic mass is 19.4. The first kappa shape index (κ1) is 29.0. The third-order valence-corrected chi connectivity index (χ3v) is 7.12. The number of halogens is 5. The summed E-state index contributed by atoms with van der Waals surface area (Å²) in [7, 11) is 1.17. The van der Waals surface area contributed by atoms with Crippen molar-refractivity contribution < 1.29 is 40.7 Å². The Hall–Kier alpha value is -4.78. The van der Waals surface area contributed by atoms with Gasteiger partial charge in [-0.25, -0.2) is 13.6 Å². The summed E-state index contributed by atoms with van der Waals surface area (Å²) < 4.78 is 103. The van der Waals surface area contributed by atoms with Crippen LogP contribution in [0.15, 0.2) is 76.3 Å². The molecule has 2 atom stereocenters. The minimum Gasteiger partial charge on any atom is -0.494 e. The standard InChI is InChI=1S/C32H30F5N3O5/c1-19-28(21-11-6-14-26(45-2)29(21)34)30(43)40(18-25(20-9-4-3-5-10-20)38-16-8-15-27(41)42)31(44)39(19)17-22-23(32(35,36)37)12-7-13-24(22)33/h3-7,9-14,25,38H,8,15-18H2,1-2H3,(H,41,42)/t25-/m1/s1/i15D2,16D/t16?,25-. The van der Waals surface area contributed by atoms with Crippen molar-refractivity contribution in [2.24, 2.45) is 0 Å². The van der Waals surface area contributed by atoms with Gasteiger partial charge in [0.05, 0.1) is 37.4 Å². The third kappa shape index (κ3) is 7.31. The molecule has 8 nitrogen and oxygen atoms in total. The van der Waals surface area contributed by atoms with Crippen LogP contribution in [-0.2, 0) is 24.1 Å². The van der Waals surface area contributed by atoms with E-state index in [1.165, 1.54) is 32.2 Å². The summed E-state index contributed by atoms with van der Waals surface area (Å²) in [5.74, 6) is -4.39. The van der Waals surface area contributed by atoms with Gasteiger partial charge in [0.15, 0.2) is 11.6 Å². The van der Waals surface area contributed by atoms with Gasteiger partial charge < -0.3 is 15.2 Å². The van der Waals surface area contributed by atoms with Crippen LogP contribution in [0.25, 0.3) is 11.1 Å². The molecule has 0 spiro atoms. The van der Waals surface area contributed by atoms with Gasteiger partial charge in [-0.05, 0) is 43.6 Å². The summed E-state index contributed by atoms with van der Waals surface area (Å²) in [4.78, 5) is 39.5. The number of benzene rings is 3. The lowest BCUT2D eigenvalue weighted by molar-refractivity contribution is -0.138. The number of alkyl halides is 3. The molecule has 3 aromatic carbocycles. The van der Waals surface area contributed by atoms with E-state index in [4.69, 9.17) is 8.85 Å². The highest BCUT2D eigenvalue weighted by Crippen LogP contribution is 2.34. The summed E-state index contributed by atoms with van der Waals surface area (Å²) >= 11 is 0. The number of nitrogens with one attached hydrogen (secondary N) is 1. The minimum absolute atomic E-state index is 0.276. The topological polar surface area (TPSA) is 103 Å². The zero-order valence-corrected chi connectivity index (χ0v) is 24.0. The van der Waals surface area contributed by atoms with E-state index in [-0.39, 0.29) is 17.0 Å². The van der Waals surface area contributed by atoms with Crippen LogP contribution in [0.5, 0.6) is 5.75 Å². The SMILES string of the molecule is [2H]C(CC([2H])([2H])C(=O)O)N[C@H](Cn1c(=O)c(-c2cccc(OC)c2F)c(C)n(Cc2c(F)cccc2C(F)(F)F)c1=O)c1ccccc1. The van der Waals surface area contributed by atoms with Crippen molar-refractivity contribution in [2.45, 2.75) is 45.0 Å².